The third-order valence-electron chi connectivity index (χ3n) is 5.67. The van der Waals surface area contributed by atoms with Crippen molar-refractivity contribution < 1.29 is 14.3 Å². The molecule has 0 unspecified atom stereocenters. The van der Waals surface area contributed by atoms with Crippen molar-refractivity contribution in [2.75, 3.05) is 36.5 Å². The molecule has 1 fully saturated rings. The number of ether oxygens (including phenoxy) is 1. The van der Waals surface area contributed by atoms with Crippen LogP contribution in [-0.4, -0.2) is 49.6 Å². The monoisotopic (exact) mass is 394 g/mol. The van der Waals surface area contributed by atoms with Gasteiger partial charge in [0.2, 0.25) is 0 Å². The summed E-state index contributed by atoms with van der Waals surface area (Å²) in [7, 11) is 2.04. The zero-order chi connectivity index (χ0) is 20.2. The molecule has 2 heterocycles. The smallest absolute Gasteiger partial charge is 0.265 e. The average molecular weight is 394 g/mol. The van der Waals surface area contributed by atoms with Gasteiger partial charge in [-0.1, -0.05) is 25.0 Å². The van der Waals surface area contributed by atoms with Gasteiger partial charge in [0.25, 0.3) is 11.8 Å². The van der Waals surface area contributed by atoms with Crippen LogP contribution in [0.4, 0.5) is 11.5 Å². The number of hydrogen-bond donors (Lipinski definition) is 1. The highest BCUT2D eigenvalue weighted by molar-refractivity contribution is 5.98. The van der Waals surface area contributed by atoms with E-state index in [1.807, 2.05) is 37.4 Å². The molecular weight excluding hydrogens is 368 g/mol. The molecule has 0 spiro atoms. The van der Waals surface area contributed by atoms with E-state index in [1.165, 1.54) is 25.7 Å². The third-order valence-corrected chi connectivity index (χ3v) is 5.67. The molecule has 7 heteroatoms. The largest absolute Gasteiger partial charge is 0.482 e. The Morgan fingerprint density at radius 3 is 2.90 bits per heavy atom. The lowest BCUT2D eigenvalue weighted by Gasteiger charge is -2.29. The summed E-state index contributed by atoms with van der Waals surface area (Å²) in [5.74, 6) is 1.23. The molecule has 2 aliphatic rings. The maximum atomic E-state index is 12.6. The molecule has 1 aliphatic carbocycles. The molecule has 2 aromatic rings. The highest BCUT2D eigenvalue weighted by atomic mass is 16.5. The maximum Gasteiger partial charge on any atom is 0.265 e. The van der Waals surface area contributed by atoms with Crippen LogP contribution >= 0.6 is 0 Å². The minimum absolute atomic E-state index is 0.0200. The van der Waals surface area contributed by atoms with Crippen LogP contribution in [0.1, 0.15) is 36.0 Å². The van der Waals surface area contributed by atoms with Gasteiger partial charge in [-0.2, -0.15) is 0 Å². The van der Waals surface area contributed by atoms with Gasteiger partial charge in [-0.15, -0.1) is 0 Å². The van der Waals surface area contributed by atoms with Crippen molar-refractivity contribution in [1.82, 2.24) is 10.3 Å². The van der Waals surface area contributed by atoms with E-state index in [0.717, 1.165) is 11.5 Å². The Morgan fingerprint density at radius 1 is 1.28 bits per heavy atom. The van der Waals surface area contributed by atoms with E-state index in [4.69, 9.17) is 4.74 Å². The Morgan fingerprint density at radius 2 is 2.07 bits per heavy atom. The van der Waals surface area contributed by atoms with Crippen LogP contribution in [0.25, 0.3) is 0 Å². The highest BCUT2D eigenvalue weighted by Gasteiger charge is 2.25. The molecule has 152 valence electrons. The van der Waals surface area contributed by atoms with Gasteiger partial charge in [0, 0.05) is 37.9 Å². The van der Waals surface area contributed by atoms with E-state index >= 15 is 0 Å². The van der Waals surface area contributed by atoms with Gasteiger partial charge in [0.1, 0.15) is 11.6 Å². The van der Waals surface area contributed by atoms with Gasteiger partial charge in [-0.3, -0.25) is 9.59 Å². The van der Waals surface area contributed by atoms with Crippen molar-refractivity contribution in [2.45, 2.75) is 31.7 Å². The fourth-order valence-electron chi connectivity index (χ4n) is 4.01. The Balaban J connectivity index is 1.37. The molecule has 0 radical (unpaired) electrons. The van der Waals surface area contributed by atoms with Crippen molar-refractivity contribution >= 4 is 23.3 Å². The van der Waals surface area contributed by atoms with Gasteiger partial charge < -0.3 is 19.9 Å². The van der Waals surface area contributed by atoms with Crippen LogP contribution in [0.5, 0.6) is 5.75 Å². The van der Waals surface area contributed by atoms with E-state index in [0.29, 0.717) is 30.4 Å². The second-order valence-corrected chi connectivity index (χ2v) is 7.51. The van der Waals surface area contributed by atoms with Crippen LogP contribution in [0.15, 0.2) is 42.6 Å². The molecule has 0 atom stereocenters. The Bertz CT molecular complexity index is 895. The summed E-state index contributed by atoms with van der Waals surface area (Å²) in [6.45, 7) is 0.770. The number of carbonyl (C=O) groups excluding carboxylic acids is 2. The van der Waals surface area contributed by atoms with Crippen LogP contribution in [0.2, 0.25) is 0 Å². The lowest BCUT2D eigenvalue weighted by molar-refractivity contribution is -0.121. The first kappa shape index (κ1) is 19.2. The van der Waals surface area contributed by atoms with Gasteiger partial charge in [-0.05, 0) is 37.1 Å². The number of carbonyl (C=O) groups is 2. The summed E-state index contributed by atoms with van der Waals surface area (Å²) in [6.07, 6.45) is 6.52. The minimum Gasteiger partial charge on any atom is -0.482 e. The van der Waals surface area contributed by atoms with Gasteiger partial charge in [0.05, 0.1) is 5.69 Å². The Hall–Kier alpha value is -3.09. The van der Waals surface area contributed by atoms with Gasteiger partial charge in [0.15, 0.2) is 6.61 Å². The average Bonchev–Trinajstić information content (AvgIpc) is 3.29. The van der Waals surface area contributed by atoms with Crippen molar-refractivity contribution in [3.8, 4) is 5.75 Å². The predicted octanol–water partition coefficient (Wildman–Crippen LogP) is 2.62. The summed E-state index contributed by atoms with van der Waals surface area (Å²) < 4.78 is 5.45. The molecule has 29 heavy (non-hydrogen) atoms. The molecule has 1 saturated carbocycles. The van der Waals surface area contributed by atoms with E-state index in [-0.39, 0.29) is 18.4 Å². The summed E-state index contributed by atoms with van der Waals surface area (Å²) in [5.41, 5.74) is 1.32. The first-order chi connectivity index (χ1) is 14.1. The maximum absolute atomic E-state index is 12.6. The van der Waals surface area contributed by atoms with Crippen molar-refractivity contribution in [3.63, 3.8) is 0 Å². The lowest BCUT2D eigenvalue weighted by atomic mass is 10.2. The molecular formula is C22H26N4O3. The number of amides is 2. The zero-order valence-electron chi connectivity index (χ0n) is 16.6. The minimum atomic E-state index is -0.164. The molecule has 0 saturated heterocycles. The SMILES string of the molecule is CN(c1cc(C(=O)NCCN2C(=O)COc3ccccc32)ccn1)C1CCCC1. The molecule has 1 aromatic carbocycles. The predicted molar refractivity (Wildman–Crippen MR) is 112 cm³/mol. The fraction of sp³-hybridized carbons (Fsp3) is 0.409. The van der Waals surface area contributed by atoms with Crippen molar-refractivity contribution in [3.05, 3.63) is 48.2 Å². The van der Waals surface area contributed by atoms with E-state index < -0.39 is 0 Å². The molecule has 0 bridgehead atoms. The van der Waals surface area contributed by atoms with Crippen molar-refractivity contribution in [1.29, 1.82) is 0 Å². The number of anilines is 2. The fourth-order valence-corrected chi connectivity index (χ4v) is 4.01. The van der Waals surface area contributed by atoms with E-state index in [1.54, 1.807) is 17.2 Å². The van der Waals surface area contributed by atoms with Crippen molar-refractivity contribution in [2.24, 2.45) is 0 Å². The highest BCUT2D eigenvalue weighted by Crippen LogP contribution is 2.31. The van der Waals surface area contributed by atoms with Crippen LogP contribution in [0, 0.1) is 0 Å². The number of hydrogen-bond acceptors (Lipinski definition) is 5. The number of nitrogens with one attached hydrogen (secondary N) is 1. The molecule has 2 amide bonds. The third kappa shape index (κ3) is 4.18. The molecule has 7 nitrogen and oxygen atoms in total. The molecule has 4 rings (SSSR count). The van der Waals surface area contributed by atoms with Crippen LogP contribution in [0.3, 0.4) is 0 Å². The van der Waals surface area contributed by atoms with Gasteiger partial charge in [-0.25, -0.2) is 4.98 Å². The molecule has 1 N–H and O–H groups in total. The molecule has 1 aromatic heterocycles. The second-order valence-electron chi connectivity index (χ2n) is 7.51. The lowest BCUT2D eigenvalue weighted by Crippen LogP contribution is -2.43. The first-order valence-corrected chi connectivity index (χ1v) is 10.1. The van der Waals surface area contributed by atoms with E-state index in [2.05, 4.69) is 15.2 Å². The number of nitrogens with zero attached hydrogens (tertiary/aromatic N) is 3. The van der Waals surface area contributed by atoms with Crippen LogP contribution in [-0.2, 0) is 4.79 Å². The second kappa shape index (κ2) is 8.51. The number of fused-ring (bicyclic) bond motifs is 1. The summed E-state index contributed by atoms with van der Waals surface area (Å²) in [4.78, 5) is 33.1. The van der Waals surface area contributed by atoms with Crippen LogP contribution < -0.4 is 19.9 Å². The summed E-state index contributed by atoms with van der Waals surface area (Å²) in [6, 6.07) is 11.5. The first-order valence-electron chi connectivity index (χ1n) is 10.1. The summed E-state index contributed by atoms with van der Waals surface area (Å²) in [5, 5.41) is 2.91. The quantitative estimate of drug-likeness (QED) is 0.815. The van der Waals surface area contributed by atoms with Gasteiger partial charge >= 0.3 is 0 Å². The summed E-state index contributed by atoms with van der Waals surface area (Å²) >= 11 is 0. The Kier molecular flexibility index (Phi) is 5.64. The topological polar surface area (TPSA) is 74.8 Å². The molecule has 1 aliphatic heterocycles. The number of benzene rings is 1. The number of rotatable bonds is 6. The van der Waals surface area contributed by atoms with E-state index in [9.17, 15) is 9.59 Å². The number of para-hydroxylation sites is 2. The standard InChI is InChI=1S/C22H26N4O3/c1-25(17-6-2-3-7-17)20-14-16(10-11-23-20)22(28)24-12-13-26-18-8-4-5-9-19(18)29-15-21(26)27/h4-5,8-11,14,17H,2-3,6-7,12-13,15H2,1H3,(H,24,28). The zero-order valence-corrected chi connectivity index (χ0v) is 16.6. The Labute approximate surface area is 170 Å². The normalized spacial score (nSPS) is 16.3. The number of pyridine rings is 1. The number of aromatic nitrogens is 1.